The zero-order chi connectivity index (χ0) is 22.5. The molecule has 3 aromatic rings. The van der Waals surface area contributed by atoms with E-state index in [1.165, 1.54) is 5.56 Å². The number of amides is 1. The second-order valence-electron chi connectivity index (χ2n) is 8.28. The molecule has 2 N–H and O–H groups in total. The fourth-order valence-electron chi connectivity index (χ4n) is 4.21. The molecule has 0 atom stereocenters. The maximum absolute atomic E-state index is 12.9. The molecular weight excluding hydrogens is 418 g/mol. The average Bonchev–Trinajstić information content (AvgIpc) is 3.37. The summed E-state index contributed by atoms with van der Waals surface area (Å²) in [5.74, 6) is -0.248. The zero-order valence-electron chi connectivity index (χ0n) is 18.6. The predicted octanol–water partition coefficient (Wildman–Crippen LogP) is 1.76. The van der Waals surface area contributed by atoms with Gasteiger partial charge in [-0.3, -0.25) is 14.7 Å². The van der Waals surface area contributed by atoms with Crippen molar-refractivity contribution in [2.45, 2.75) is 6.54 Å². The molecule has 172 valence electrons. The van der Waals surface area contributed by atoms with Crippen molar-refractivity contribution < 1.29 is 9.53 Å². The second kappa shape index (κ2) is 10.1. The number of carbonyl (C=O) groups excluding carboxylic acids is 1. The molecule has 1 aromatic carbocycles. The van der Waals surface area contributed by atoms with Crippen molar-refractivity contribution in [2.24, 2.45) is 0 Å². The molecule has 2 aliphatic heterocycles. The van der Waals surface area contributed by atoms with Gasteiger partial charge in [-0.2, -0.15) is 5.10 Å². The van der Waals surface area contributed by atoms with Crippen LogP contribution >= 0.6 is 0 Å². The Morgan fingerprint density at radius 3 is 2.61 bits per heavy atom. The highest BCUT2D eigenvalue weighted by atomic mass is 16.5. The van der Waals surface area contributed by atoms with Crippen LogP contribution in [-0.4, -0.2) is 78.1 Å². The molecular formula is C24H29N7O2. The SMILES string of the molecule is O=C(Nc1cnccc1N1CCNCC1)c1ccn(-c2ccc(CN3CCOCC3)cc2)n1. The topological polar surface area (TPSA) is 87.6 Å². The van der Waals surface area contributed by atoms with Crippen LogP contribution in [0.3, 0.4) is 0 Å². The zero-order valence-corrected chi connectivity index (χ0v) is 18.6. The lowest BCUT2D eigenvalue weighted by atomic mass is 10.2. The van der Waals surface area contributed by atoms with Crippen molar-refractivity contribution in [1.82, 2.24) is 25.0 Å². The first-order valence-corrected chi connectivity index (χ1v) is 11.4. The highest BCUT2D eigenvalue weighted by molar-refractivity contribution is 6.04. The standard InChI is InChI=1S/C24H29N7O2/c32-24(27-22-17-26-7-5-23(22)30-11-8-25-9-12-30)21-6-10-31(28-21)20-3-1-19(2-4-20)18-29-13-15-33-16-14-29/h1-7,10,17,25H,8-9,11-16,18H2,(H,27,32). The van der Waals surface area contributed by atoms with Gasteiger partial charge in [-0.15, -0.1) is 0 Å². The van der Waals surface area contributed by atoms with Crippen molar-refractivity contribution >= 4 is 17.3 Å². The lowest BCUT2D eigenvalue weighted by molar-refractivity contribution is 0.0342. The van der Waals surface area contributed by atoms with Crippen molar-refractivity contribution in [3.8, 4) is 5.69 Å². The van der Waals surface area contributed by atoms with Crippen molar-refractivity contribution in [2.75, 3.05) is 62.7 Å². The molecule has 9 heteroatoms. The minimum absolute atomic E-state index is 0.248. The molecule has 2 aromatic heterocycles. The van der Waals surface area contributed by atoms with Crippen molar-refractivity contribution in [3.63, 3.8) is 0 Å². The molecule has 1 amide bonds. The fourth-order valence-corrected chi connectivity index (χ4v) is 4.21. The number of piperazine rings is 1. The molecule has 4 heterocycles. The van der Waals surface area contributed by atoms with Crippen LogP contribution in [-0.2, 0) is 11.3 Å². The van der Waals surface area contributed by atoms with E-state index >= 15 is 0 Å². The molecule has 5 rings (SSSR count). The third kappa shape index (κ3) is 5.22. The van der Waals surface area contributed by atoms with E-state index in [-0.39, 0.29) is 5.91 Å². The molecule has 0 bridgehead atoms. The van der Waals surface area contributed by atoms with Crippen molar-refractivity contribution in [3.05, 3.63) is 66.2 Å². The Balaban J connectivity index is 1.25. The Labute approximate surface area is 193 Å². The normalized spacial score (nSPS) is 17.2. The van der Waals surface area contributed by atoms with Gasteiger partial charge in [-0.05, 0) is 29.8 Å². The van der Waals surface area contributed by atoms with Gasteiger partial charge < -0.3 is 20.3 Å². The van der Waals surface area contributed by atoms with Crippen LogP contribution in [0.25, 0.3) is 5.69 Å². The van der Waals surface area contributed by atoms with E-state index in [0.717, 1.165) is 70.4 Å². The van der Waals surface area contributed by atoms with Crippen LogP contribution in [0.1, 0.15) is 16.1 Å². The Morgan fingerprint density at radius 1 is 1.03 bits per heavy atom. The van der Waals surface area contributed by atoms with Gasteiger partial charge in [0.1, 0.15) is 0 Å². The number of hydrogen-bond acceptors (Lipinski definition) is 7. The fraction of sp³-hybridized carbons (Fsp3) is 0.375. The summed E-state index contributed by atoms with van der Waals surface area (Å²) in [6.45, 7) is 8.07. The predicted molar refractivity (Wildman–Crippen MR) is 127 cm³/mol. The maximum atomic E-state index is 12.9. The molecule has 2 fully saturated rings. The van der Waals surface area contributed by atoms with E-state index in [2.05, 4.69) is 42.6 Å². The molecule has 9 nitrogen and oxygen atoms in total. The van der Waals surface area contributed by atoms with Crippen LogP contribution in [0.5, 0.6) is 0 Å². The van der Waals surface area contributed by atoms with E-state index in [4.69, 9.17) is 4.74 Å². The summed E-state index contributed by atoms with van der Waals surface area (Å²) in [5.41, 5.74) is 4.22. The third-order valence-electron chi connectivity index (χ3n) is 6.04. The average molecular weight is 448 g/mol. The Hall–Kier alpha value is -3.27. The summed E-state index contributed by atoms with van der Waals surface area (Å²) in [4.78, 5) is 21.8. The van der Waals surface area contributed by atoms with Gasteiger partial charge in [-0.25, -0.2) is 4.68 Å². The van der Waals surface area contributed by atoms with Crippen LogP contribution < -0.4 is 15.5 Å². The molecule has 0 aliphatic carbocycles. The van der Waals surface area contributed by atoms with E-state index in [9.17, 15) is 4.79 Å². The number of ether oxygens (including phenoxy) is 1. The lowest BCUT2D eigenvalue weighted by Crippen LogP contribution is -2.43. The number of nitrogens with one attached hydrogen (secondary N) is 2. The number of pyridine rings is 1. The molecule has 2 saturated heterocycles. The monoisotopic (exact) mass is 447 g/mol. The molecule has 33 heavy (non-hydrogen) atoms. The first-order chi connectivity index (χ1) is 16.3. The van der Waals surface area contributed by atoms with E-state index in [1.807, 2.05) is 24.4 Å². The third-order valence-corrected chi connectivity index (χ3v) is 6.04. The van der Waals surface area contributed by atoms with E-state index < -0.39 is 0 Å². The van der Waals surface area contributed by atoms with Crippen LogP contribution in [0.15, 0.2) is 55.0 Å². The van der Waals surface area contributed by atoms with Gasteiger partial charge in [0.25, 0.3) is 5.91 Å². The Kier molecular flexibility index (Phi) is 6.61. The number of nitrogens with zero attached hydrogens (tertiary/aromatic N) is 5. The number of rotatable bonds is 6. The van der Waals surface area contributed by atoms with Crippen LogP contribution in [0.2, 0.25) is 0 Å². The second-order valence-corrected chi connectivity index (χ2v) is 8.28. The number of benzene rings is 1. The van der Waals surface area contributed by atoms with Gasteiger partial charge in [0.15, 0.2) is 5.69 Å². The maximum Gasteiger partial charge on any atom is 0.276 e. The Morgan fingerprint density at radius 2 is 1.82 bits per heavy atom. The van der Waals surface area contributed by atoms with Crippen LogP contribution in [0, 0.1) is 0 Å². The largest absolute Gasteiger partial charge is 0.379 e. The first kappa shape index (κ1) is 21.6. The number of anilines is 2. The first-order valence-electron chi connectivity index (χ1n) is 11.4. The highest BCUT2D eigenvalue weighted by Gasteiger charge is 2.18. The summed E-state index contributed by atoms with van der Waals surface area (Å²) in [6.07, 6.45) is 5.26. The van der Waals surface area contributed by atoms with Gasteiger partial charge in [-0.1, -0.05) is 12.1 Å². The minimum atomic E-state index is -0.248. The summed E-state index contributed by atoms with van der Waals surface area (Å²) < 4.78 is 7.15. The van der Waals surface area contributed by atoms with Gasteiger partial charge in [0, 0.05) is 58.2 Å². The summed E-state index contributed by atoms with van der Waals surface area (Å²) in [6, 6.07) is 12.0. The number of hydrogen-bond donors (Lipinski definition) is 2. The Bertz CT molecular complexity index is 1070. The van der Waals surface area contributed by atoms with Gasteiger partial charge in [0.05, 0.1) is 36.5 Å². The number of morpholine rings is 1. The van der Waals surface area contributed by atoms with Crippen LogP contribution in [0.4, 0.5) is 11.4 Å². The molecule has 0 spiro atoms. The molecule has 0 radical (unpaired) electrons. The molecule has 0 saturated carbocycles. The smallest absolute Gasteiger partial charge is 0.276 e. The molecule has 2 aliphatic rings. The minimum Gasteiger partial charge on any atom is -0.379 e. The van der Waals surface area contributed by atoms with E-state index in [0.29, 0.717) is 11.4 Å². The van der Waals surface area contributed by atoms with Crippen molar-refractivity contribution in [1.29, 1.82) is 0 Å². The highest BCUT2D eigenvalue weighted by Crippen LogP contribution is 2.25. The summed E-state index contributed by atoms with van der Waals surface area (Å²) in [7, 11) is 0. The van der Waals surface area contributed by atoms with Gasteiger partial charge in [0.2, 0.25) is 0 Å². The number of carbonyl (C=O) groups is 1. The van der Waals surface area contributed by atoms with E-state index in [1.54, 1.807) is 23.1 Å². The number of aromatic nitrogens is 3. The summed E-state index contributed by atoms with van der Waals surface area (Å²) >= 11 is 0. The lowest BCUT2D eigenvalue weighted by Gasteiger charge is -2.30. The summed E-state index contributed by atoms with van der Waals surface area (Å²) in [5, 5.41) is 10.8. The molecule has 0 unspecified atom stereocenters. The van der Waals surface area contributed by atoms with Gasteiger partial charge >= 0.3 is 0 Å². The quantitative estimate of drug-likeness (QED) is 0.595.